The van der Waals surface area contributed by atoms with E-state index >= 15 is 0 Å². The molecule has 0 radical (unpaired) electrons. The third kappa shape index (κ3) is 3.13. The first-order valence-corrected chi connectivity index (χ1v) is 7.29. The van der Waals surface area contributed by atoms with E-state index in [-0.39, 0.29) is 18.2 Å². The van der Waals surface area contributed by atoms with E-state index in [4.69, 9.17) is 4.74 Å². The van der Waals surface area contributed by atoms with Crippen molar-refractivity contribution in [1.29, 1.82) is 0 Å². The van der Waals surface area contributed by atoms with Crippen LogP contribution in [-0.2, 0) is 9.59 Å². The molecular weight excluding hydrogens is 292 g/mol. The van der Waals surface area contributed by atoms with Crippen molar-refractivity contribution in [2.24, 2.45) is 5.10 Å². The molecular formula is C18H16N2O3. The lowest BCUT2D eigenvalue weighted by Gasteiger charge is -2.09. The van der Waals surface area contributed by atoms with E-state index < -0.39 is 5.92 Å². The summed E-state index contributed by atoms with van der Waals surface area (Å²) < 4.78 is 5.08. The van der Waals surface area contributed by atoms with E-state index in [0.29, 0.717) is 0 Å². The van der Waals surface area contributed by atoms with E-state index in [1.807, 2.05) is 42.5 Å². The molecule has 1 atom stereocenters. The summed E-state index contributed by atoms with van der Waals surface area (Å²) in [6.07, 6.45) is 1.66. The predicted octanol–water partition coefficient (Wildman–Crippen LogP) is 2.57. The van der Waals surface area contributed by atoms with Gasteiger partial charge in [-0.15, -0.1) is 0 Å². The van der Waals surface area contributed by atoms with Crippen LogP contribution in [0.1, 0.15) is 23.5 Å². The lowest BCUT2D eigenvalue weighted by molar-refractivity contribution is -0.138. The van der Waals surface area contributed by atoms with E-state index in [0.717, 1.165) is 21.9 Å². The first-order valence-electron chi connectivity index (χ1n) is 7.29. The zero-order valence-corrected chi connectivity index (χ0v) is 12.7. The van der Waals surface area contributed by atoms with Gasteiger partial charge in [0.05, 0.1) is 19.2 Å². The first kappa shape index (κ1) is 15.0. The first-order chi connectivity index (χ1) is 11.2. The molecule has 23 heavy (non-hydrogen) atoms. The second-order valence-corrected chi connectivity index (χ2v) is 5.23. The summed E-state index contributed by atoms with van der Waals surface area (Å²) in [6, 6.07) is 16.5. The van der Waals surface area contributed by atoms with Crippen LogP contribution in [0.4, 0.5) is 0 Å². The Balaban J connectivity index is 1.76. The van der Waals surface area contributed by atoms with Crippen molar-refractivity contribution in [2.45, 2.75) is 12.3 Å². The van der Waals surface area contributed by atoms with Gasteiger partial charge in [0.1, 0.15) is 5.75 Å². The smallest absolute Gasteiger partial charge is 0.257 e. The number of rotatable bonds is 4. The molecule has 3 rings (SSSR count). The Morgan fingerprint density at radius 1 is 1.09 bits per heavy atom. The summed E-state index contributed by atoms with van der Waals surface area (Å²) in [5.74, 6) is -0.282. The highest BCUT2D eigenvalue weighted by molar-refractivity contribution is 6.06. The highest BCUT2D eigenvalue weighted by Crippen LogP contribution is 2.29. The Morgan fingerprint density at radius 2 is 1.78 bits per heavy atom. The van der Waals surface area contributed by atoms with Gasteiger partial charge in [0.25, 0.3) is 11.8 Å². The van der Waals surface area contributed by atoms with Gasteiger partial charge in [0.15, 0.2) is 0 Å². The number of nitrogens with zero attached hydrogens (tertiary/aromatic N) is 2. The topological polar surface area (TPSA) is 59.0 Å². The standard InChI is InChI=1S/C18H16N2O3/c1-23-15-9-7-13(8-10-15)12-19-20-17(21)11-16(18(20)22)14-5-3-2-4-6-14/h2-10,12,16H,11H2,1H3/b19-12+. The van der Waals surface area contributed by atoms with Crippen LogP contribution in [0.2, 0.25) is 0 Å². The van der Waals surface area contributed by atoms with Crippen LogP contribution in [-0.4, -0.2) is 30.1 Å². The quantitative estimate of drug-likeness (QED) is 0.644. The molecule has 5 heteroatoms. The molecule has 2 aromatic rings. The molecule has 1 heterocycles. The number of carbonyl (C=O) groups is 2. The fourth-order valence-electron chi connectivity index (χ4n) is 2.50. The van der Waals surface area contributed by atoms with Crippen LogP contribution in [0.5, 0.6) is 5.75 Å². The minimum atomic E-state index is -0.447. The lowest BCUT2D eigenvalue weighted by Crippen LogP contribution is -2.24. The normalized spacial score (nSPS) is 18.0. The molecule has 1 unspecified atom stereocenters. The zero-order chi connectivity index (χ0) is 16.2. The number of imide groups is 1. The van der Waals surface area contributed by atoms with Gasteiger partial charge in [-0.05, 0) is 35.4 Å². The van der Waals surface area contributed by atoms with Crippen molar-refractivity contribution in [2.75, 3.05) is 7.11 Å². The average molecular weight is 308 g/mol. The largest absolute Gasteiger partial charge is 0.497 e. The van der Waals surface area contributed by atoms with Crippen molar-refractivity contribution in [3.05, 3.63) is 65.7 Å². The maximum absolute atomic E-state index is 12.4. The van der Waals surface area contributed by atoms with Crippen LogP contribution < -0.4 is 4.74 Å². The van der Waals surface area contributed by atoms with Gasteiger partial charge in [0.2, 0.25) is 0 Å². The van der Waals surface area contributed by atoms with Crippen molar-refractivity contribution in [1.82, 2.24) is 5.01 Å². The van der Waals surface area contributed by atoms with Crippen molar-refractivity contribution < 1.29 is 14.3 Å². The number of amides is 2. The molecule has 0 aliphatic carbocycles. The van der Waals surface area contributed by atoms with Crippen LogP contribution in [0.25, 0.3) is 0 Å². The van der Waals surface area contributed by atoms with Gasteiger partial charge in [-0.25, -0.2) is 0 Å². The van der Waals surface area contributed by atoms with Crippen LogP contribution in [0, 0.1) is 0 Å². The number of benzene rings is 2. The van der Waals surface area contributed by atoms with E-state index in [1.54, 1.807) is 19.2 Å². The molecule has 0 bridgehead atoms. The molecule has 2 aromatic carbocycles. The molecule has 0 aromatic heterocycles. The van der Waals surface area contributed by atoms with Crippen molar-refractivity contribution in [3.8, 4) is 5.75 Å². The van der Waals surface area contributed by atoms with Crippen LogP contribution in [0.3, 0.4) is 0 Å². The highest BCUT2D eigenvalue weighted by Gasteiger charge is 2.39. The predicted molar refractivity (Wildman–Crippen MR) is 86.2 cm³/mol. The molecule has 5 nitrogen and oxygen atoms in total. The minimum absolute atomic E-state index is 0.156. The molecule has 116 valence electrons. The van der Waals surface area contributed by atoms with Crippen LogP contribution >= 0.6 is 0 Å². The molecule has 0 saturated carbocycles. The average Bonchev–Trinajstić information content (AvgIpc) is 2.88. The number of ether oxygens (including phenoxy) is 1. The fraction of sp³-hybridized carbons (Fsp3) is 0.167. The van der Waals surface area contributed by atoms with Crippen LogP contribution in [0.15, 0.2) is 59.7 Å². The van der Waals surface area contributed by atoms with E-state index in [9.17, 15) is 9.59 Å². The maximum atomic E-state index is 12.4. The zero-order valence-electron chi connectivity index (χ0n) is 12.7. The van der Waals surface area contributed by atoms with Crippen molar-refractivity contribution in [3.63, 3.8) is 0 Å². The second kappa shape index (κ2) is 6.44. The highest BCUT2D eigenvalue weighted by atomic mass is 16.5. The summed E-state index contributed by atoms with van der Waals surface area (Å²) in [5.41, 5.74) is 1.63. The van der Waals surface area contributed by atoms with Gasteiger partial charge >= 0.3 is 0 Å². The summed E-state index contributed by atoms with van der Waals surface area (Å²) in [4.78, 5) is 24.5. The van der Waals surface area contributed by atoms with E-state index in [1.165, 1.54) is 6.21 Å². The molecule has 1 aliphatic heterocycles. The number of hydrazone groups is 1. The van der Waals surface area contributed by atoms with Gasteiger partial charge < -0.3 is 4.74 Å². The maximum Gasteiger partial charge on any atom is 0.257 e. The summed E-state index contributed by atoms with van der Waals surface area (Å²) in [7, 11) is 1.59. The number of hydrogen-bond acceptors (Lipinski definition) is 4. The Bertz CT molecular complexity index is 739. The molecule has 0 spiro atoms. The molecule has 2 amide bonds. The fourth-order valence-corrected chi connectivity index (χ4v) is 2.50. The second-order valence-electron chi connectivity index (χ2n) is 5.23. The Morgan fingerprint density at radius 3 is 2.43 bits per heavy atom. The van der Waals surface area contributed by atoms with Crippen molar-refractivity contribution >= 4 is 18.0 Å². The monoisotopic (exact) mass is 308 g/mol. The number of carbonyl (C=O) groups excluding carboxylic acids is 2. The van der Waals surface area contributed by atoms with Gasteiger partial charge in [-0.3, -0.25) is 9.59 Å². The summed E-state index contributed by atoms with van der Waals surface area (Å²) in [6.45, 7) is 0. The van der Waals surface area contributed by atoms with E-state index in [2.05, 4.69) is 5.10 Å². The van der Waals surface area contributed by atoms with Gasteiger partial charge in [0, 0.05) is 6.42 Å². The molecule has 0 N–H and O–H groups in total. The lowest BCUT2D eigenvalue weighted by atomic mass is 9.98. The Hall–Kier alpha value is -2.95. The SMILES string of the molecule is COc1ccc(/C=N/N2C(=O)CC(c3ccccc3)C2=O)cc1. The molecule has 1 aliphatic rings. The summed E-state index contributed by atoms with van der Waals surface area (Å²) in [5, 5.41) is 5.02. The third-order valence-electron chi connectivity index (χ3n) is 3.76. The van der Waals surface area contributed by atoms with Gasteiger partial charge in [-0.2, -0.15) is 10.1 Å². The summed E-state index contributed by atoms with van der Waals surface area (Å²) >= 11 is 0. The number of methoxy groups -OCH3 is 1. The number of hydrogen-bond donors (Lipinski definition) is 0. The Labute approximate surface area is 134 Å². The Kier molecular flexibility index (Phi) is 4.19. The third-order valence-corrected chi connectivity index (χ3v) is 3.76. The minimum Gasteiger partial charge on any atom is -0.497 e. The molecule has 1 saturated heterocycles. The van der Waals surface area contributed by atoms with Gasteiger partial charge in [-0.1, -0.05) is 30.3 Å². The molecule has 1 fully saturated rings.